The number of hydrogen-bond acceptors (Lipinski definition) is 5. The van der Waals surface area contributed by atoms with E-state index in [0.29, 0.717) is 30.0 Å². The van der Waals surface area contributed by atoms with Crippen molar-refractivity contribution >= 4 is 17.7 Å². The monoisotopic (exact) mass is 584 g/mol. The van der Waals surface area contributed by atoms with E-state index in [9.17, 15) is 27.6 Å². The molecule has 0 saturated carbocycles. The average Bonchev–Trinajstić information content (AvgIpc) is 2.96. The Balaban J connectivity index is 1.87. The van der Waals surface area contributed by atoms with Gasteiger partial charge in [-0.05, 0) is 47.7 Å². The van der Waals surface area contributed by atoms with E-state index in [1.807, 2.05) is 12.1 Å². The Kier molecular flexibility index (Phi) is 11.5. The van der Waals surface area contributed by atoms with Crippen LogP contribution in [0.4, 0.5) is 13.2 Å². The van der Waals surface area contributed by atoms with Crippen molar-refractivity contribution in [2.24, 2.45) is 23.3 Å². The Morgan fingerprint density at radius 3 is 1.93 bits per heavy atom. The maximum absolute atomic E-state index is 14.1. The molecule has 0 aliphatic carbocycles. The van der Waals surface area contributed by atoms with Gasteiger partial charge in [-0.3, -0.25) is 14.4 Å². The first-order chi connectivity index (χ1) is 20.0. The molecule has 224 valence electrons. The molecular formula is C31H35F3N4O4. The van der Waals surface area contributed by atoms with Gasteiger partial charge in [0.15, 0.2) is 0 Å². The molecule has 1 unspecified atom stereocenters. The average molecular weight is 585 g/mol. The number of benzene rings is 3. The van der Waals surface area contributed by atoms with E-state index in [4.69, 9.17) is 16.2 Å². The summed E-state index contributed by atoms with van der Waals surface area (Å²) in [6.45, 7) is 2.66. The number of hydrogen-bond donors (Lipinski definition) is 4. The fraction of sp³-hybridized carbons (Fsp3) is 0.323. The van der Waals surface area contributed by atoms with Gasteiger partial charge in [0.1, 0.15) is 17.7 Å². The number of carbonyl (C=O) groups excluding carboxylic acids is 3. The SMILES string of the molecule is CCOc1ccc(C[C@@H](C(=O)N[C@@H](Cc2ccccc2)C(=O)NCc2ccc(CN)cc2)C(C(N)=O)C(F)(F)F)cc1. The van der Waals surface area contributed by atoms with Crippen molar-refractivity contribution in [1.82, 2.24) is 10.6 Å². The summed E-state index contributed by atoms with van der Waals surface area (Å²) in [7, 11) is 0. The zero-order valence-corrected chi connectivity index (χ0v) is 23.2. The Bertz CT molecular complexity index is 1320. The van der Waals surface area contributed by atoms with Crippen molar-refractivity contribution in [3.63, 3.8) is 0 Å². The lowest BCUT2D eigenvalue weighted by Gasteiger charge is -2.28. The number of primary amides is 1. The quantitative estimate of drug-likeness (QED) is 0.230. The van der Waals surface area contributed by atoms with Crippen molar-refractivity contribution in [2.75, 3.05) is 6.61 Å². The standard InChI is InChI=1S/C31H35F3N4O4/c1-2-42-24-14-12-21(13-15-24)16-25(27(28(36)39)31(32,33)34)29(40)38-26(17-20-6-4-3-5-7-20)30(41)37-19-23-10-8-22(18-35)9-11-23/h3-15,25-27H,2,16-19,35H2,1H3,(H2,36,39)(H,37,41)(H,38,40)/t25-,26+,27?/m1/s1. The molecule has 11 heteroatoms. The first-order valence-corrected chi connectivity index (χ1v) is 13.5. The lowest BCUT2D eigenvalue weighted by Crippen LogP contribution is -2.53. The fourth-order valence-electron chi connectivity index (χ4n) is 4.54. The third-order valence-electron chi connectivity index (χ3n) is 6.73. The number of carbonyl (C=O) groups is 3. The molecule has 3 aromatic carbocycles. The van der Waals surface area contributed by atoms with Crippen LogP contribution in [-0.4, -0.2) is 36.5 Å². The van der Waals surface area contributed by atoms with Crippen molar-refractivity contribution in [3.8, 4) is 5.75 Å². The summed E-state index contributed by atoms with van der Waals surface area (Å²) in [6.07, 6.45) is -5.53. The third kappa shape index (κ3) is 9.34. The highest BCUT2D eigenvalue weighted by atomic mass is 19.4. The van der Waals surface area contributed by atoms with Gasteiger partial charge in [-0.25, -0.2) is 0 Å². The van der Waals surface area contributed by atoms with Crippen molar-refractivity contribution in [1.29, 1.82) is 0 Å². The first-order valence-electron chi connectivity index (χ1n) is 13.5. The lowest BCUT2D eigenvalue weighted by molar-refractivity contribution is -0.194. The van der Waals surface area contributed by atoms with E-state index in [1.54, 1.807) is 61.5 Å². The molecule has 8 nitrogen and oxygen atoms in total. The van der Waals surface area contributed by atoms with Gasteiger partial charge in [-0.1, -0.05) is 66.7 Å². The maximum Gasteiger partial charge on any atom is 0.401 e. The molecule has 3 atom stereocenters. The Hall–Kier alpha value is -4.38. The summed E-state index contributed by atoms with van der Waals surface area (Å²) in [4.78, 5) is 38.9. The highest BCUT2D eigenvalue weighted by Crippen LogP contribution is 2.34. The van der Waals surface area contributed by atoms with E-state index in [1.165, 1.54) is 12.1 Å². The number of rotatable bonds is 14. The predicted octanol–water partition coefficient (Wildman–Crippen LogP) is 3.41. The van der Waals surface area contributed by atoms with Gasteiger partial charge in [0.05, 0.1) is 12.5 Å². The number of nitrogens with two attached hydrogens (primary N) is 2. The van der Waals surface area contributed by atoms with Crippen LogP contribution in [0.1, 0.15) is 29.2 Å². The second-order valence-electron chi connectivity index (χ2n) is 9.80. The molecule has 3 rings (SSSR count). The van der Waals surface area contributed by atoms with Crippen LogP contribution < -0.4 is 26.8 Å². The summed E-state index contributed by atoms with van der Waals surface area (Å²) >= 11 is 0. The molecular weight excluding hydrogens is 549 g/mol. The molecule has 3 amide bonds. The summed E-state index contributed by atoms with van der Waals surface area (Å²) in [5.74, 6) is -7.59. The minimum Gasteiger partial charge on any atom is -0.494 e. The molecule has 0 aliphatic heterocycles. The van der Waals surface area contributed by atoms with E-state index in [2.05, 4.69) is 10.6 Å². The van der Waals surface area contributed by atoms with Crippen LogP contribution in [0.3, 0.4) is 0 Å². The van der Waals surface area contributed by atoms with Gasteiger partial charge in [0, 0.05) is 19.5 Å². The topological polar surface area (TPSA) is 137 Å². The number of ether oxygens (including phenoxy) is 1. The summed E-state index contributed by atoms with van der Waals surface area (Å²) < 4.78 is 47.6. The summed E-state index contributed by atoms with van der Waals surface area (Å²) in [5, 5.41) is 5.22. The first kappa shape index (κ1) is 32.1. The van der Waals surface area contributed by atoms with Crippen molar-refractivity contribution in [3.05, 3.63) is 101 Å². The molecule has 42 heavy (non-hydrogen) atoms. The Morgan fingerprint density at radius 2 is 1.38 bits per heavy atom. The van der Waals surface area contributed by atoms with Gasteiger partial charge in [0.25, 0.3) is 0 Å². The van der Waals surface area contributed by atoms with E-state index in [0.717, 1.165) is 11.1 Å². The van der Waals surface area contributed by atoms with E-state index in [-0.39, 0.29) is 13.0 Å². The molecule has 3 aromatic rings. The number of alkyl halides is 3. The van der Waals surface area contributed by atoms with Crippen LogP contribution in [0, 0.1) is 11.8 Å². The normalized spacial score (nSPS) is 13.5. The minimum absolute atomic E-state index is 0.00749. The highest BCUT2D eigenvalue weighted by molar-refractivity contribution is 5.92. The molecule has 0 radical (unpaired) electrons. The molecule has 0 heterocycles. The molecule has 0 saturated heterocycles. The van der Waals surface area contributed by atoms with Gasteiger partial charge in [-0.15, -0.1) is 0 Å². The molecule has 0 spiro atoms. The second-order valence-corrected chi connectivity index (χ2v) is 9.80. The fourth-order valence-corrected chi connectivity index (χ4v) is 4.54. The molecule has 6 N–H and O–H groups in total. The molecule has 0 bridgehead atoms. The number of halogens is 3. The van der Waals surface area contributed by atoms with Crippen LogP contribution in [0.25, 0.3) is 0 Å². The molecule has 0 aliphatic rings. The van der Waals surface area contributed by atoms with Crippen LogP contribution in [0.5, 0.6) is 5.75 Å². The Morgan fingerprint density at radius 1 is 0.810 bits per heavy atom. The van der Waals surface area contributed by atoms with Gasteiger partial charge < -0.3 is 26.8 Å². The number of nitrogens with one attached hydrogen (secondary N) is 2. The smallest absolute Gasteiger partial charge is 0.401 e. The van der Waals surface area contributed by atoms with Crippen LogP contribution >= 0.6 is 0 Å². The molecule has 0 fully saturated rings. The maximum atomic E-state index is 14.1. The van der Waals surface area contributed by atoms with Crippen LogP contribution in [0.15, 0.2) is 78.9 Å². The van der Waals surface area contributed by atoms with Crippen LogP contribution in [0.2, 0.25) is 0 Å². The predicted molar refractivity (Wildman–Crippen MR) is 152 cm³/mol. The van der Waals surface area contributed by atoms with Crippen molar-refractivity contribution < 1.29 is 32.3 Å². The van der Waals surface area contributed by atoms with Crippen LogP contribution in [-0.2, 0) is 40.3 Å². The zero-order valence-electron chi connectivity index (χ0n) is 23.2. The second kappa shape index (κ2) is 15.0. The summed E-state index contributed by atoms with van der Waals surface area (Å²) in [6, 6.07) is 20.9. The van der Waals surface area contributed by atoms with Crippen molar-refractivity contribution in [2.45, 2.75) is 45.1 Å². The largest absolute Gasteiger partial charge is 0.494 e. The Labute approximate surface area is 242 Å². The zero-order chi connectivity index (χ0) is 30.7. The number of amides is 3. The van der Waals surface area contributed by atoms with E-state index >= 15 is 0 Å². The van der Waals surface area contributed by atoms with Gasteiger partial charge in [-0.2, -0.15) is 13.2 Å². The summed E-state index contributed by atoms with van der Waals surface area (Å²) in [5.41, 5.74) is 13.5. The lowest BCUT2D eigenvalue weighted by atomic mass is 9.84. The van der Waals surface area contributed by atoms with Gasteiger partial charge >= 0.3 is 6.18 Å². The highest BCUT2D eigenvalue weighted by Gasteiger charge is 2.51. The third-order valence-corrected chi connectivity index (χ3v) is 6.73. The minimum atomic E-state index is -5.09. The van der Waals surface area contributed by atoms with Gasteiger partial charge in [0.2, 0.25) is 17.7 Å². The molecule has 0 aromatic heterocycles. The van der Waals surface area contributed by atoms with E-state index < -0.39 is 48.2 Å².